The second-order valence-corrected chi connectivity index (χ2v) is 6.90. The van der Waals surface area contributed by atoms with Crippen molar-refractivity contribution in [2.24, 2.45) is 0 Å². The number of nitrogens with zero attached hydrogens (tertiary/aromatic N) is 2. The van der Waals surface area contributed by atoms with E-state index in [-0.39, 0.29) is 0 Å². The summed E-state index contributed by atoms with van der Waals surface area (Å²) in [6, 6.07) is 8.32. The van der Waals surface area contributed by atoms with E-state index in [2.05, 4.69) is 46.5 Å². The van der Waals surface area contributed by atoms with Crippen LogP contribution in [-0.4, -0.2) is 9.97 Å². The quantitative estimate of drug-likeness (QED) is 0.744. The van der Waals surface area contributed by atoms with Gasteiger partial charge in [0.15, 0.2) is 0 Å². The zero-order chi connectivity index (χ0) is 15.1. The second kappa shape index (κ2) is 5.25. The van der Waals surface area contributed by atoms with Gasteiger partial charge in [0.2, 0.25) is 5.95 Å². The first-order chi connectivity index (χ1) is 10.7. The summed E-state index contributed by atoms with van der Waals surface area (Å²) in [6.45, 7) is 2.08. The highest BCUT2D eigenvalue weighted by Crippen LogP contribution is 2.39. The molecule has 2 heterocycles. The Morgan fingerprint density at radius 1 is 1.09 bits per heavy atom. The molecule has 1 aromatic carbocycles. The largest absolute Gasteiger partial charge is 0.368 e. The molecule has 3 aromatic rings. The van der Waals surface area contributed by atoms with Gasteiger partial charge in [0, 0.05) is 10.6 Å². The molecule has 0 saturated heterocycles. The van der Waals surface area contributed by atoms with Crippen molar-refractivity contribution in [2.75, 3.05) is 11.1 Å². The molecule has 112 valence electrons. The highest BCUT2D eigenvalue weighted by molar-refractivity contribution is 7.19. The average Bonchev–Trinajstić information content (AvgIpc) is 2.87. The molecule has 3 N–H and O–H groups in total. The average molecular weight is 310 g/mol. The standard InChI is InChI=1S/C17H18N4S/c1-10-6-8-11(9-7-10)19-15-14-12-4-2-3-5-13(12)22-16(14)21-17(18)20-15/h6-9H,2-5H2,1H3,(H3,18,19,20,21). The number of benzene rings is 1. The van der Waals surface area contributed by atoms with Crippen molar-refractivity contribution in [3.05, 3.63) is 40.3 Å². The van der Waals surface area contributed by atoms with Crippen LogP contribution in [0.4, 0.5) is 17.5 Å². The van der Waals surface area contributed by atoms with E-state index in [4.69, 9.17) is 5.73 Å². The van der Waals surface area contributed by atoms with Gasteiger partial charge in [-0.05, 0) is 50.3 Å². The van der Waals surface area contributed by atoms with Crippen molar-refractivity contribution in [3.8, 4) is 0 Å². The number of anilines is 3. The molecule has 4 nitrogen and oxygen atoms in total. The number of fused-ring (bicyclic) bond motifs is 3. The van der Waals surface area contributed by atoms with E-state index in [1.165, 1.54) is 28.8 Å². The summed E-state index contributed by atoms with van der Waals surface area (Å²) >= 11 is 1.77. The van der Waals surface area contributed by atoms with Crippen molar-refractivity contribution >= 4 is 39.0 Å². The van der Waals surface area contributed by atoms with Crippen LogP contribution in [0.5, 0.6) is 0 Å². The minimum atomic E-state index is 0.334. The summed E-state index contributed by atoms with van der Waals surface area (Å²) in [4.78, 5) is 11.4. The Morgan fingerprint density at radius 2 is 1.86 bits per heavy atom. The molecule has 4 rings (SSSR count). The van der Waals surface area contributed by atoms with Crippen LogP contribution in [0, 0.1) is 6.92 Å². The highest BCUT2D eigenvalue weighted by atomic mass is 32.1. The topological polar surface area (TPSA) is 63.8 Å². The Balaban J connectivity index is 1.85. The van der Waals surface area contributed by atoms with Gasteiger partial charge in [-0.1, -0.05) is 17.7 Å². The number of thiophene rings is 1. The zero-order valence-electron chi connectivity index (χ0n) is 12.5. The predicted octanol–water partition coefficient (Wildman–Crippen LogP) is 4.20. The molecule has 0 fully saturated rings. The van der Waals surface area contributed by atoms with Crippen LogP contribution in [0.1, 0.15) is 28.8 Å². The van der Waals surface area contributed by atoms with E-state index in [0.29, 0.717) is 5.95 Å². The van der Waals surface area contributed by atoms with Crippen molar-refractivity contribution in [2.45, 2.75) is 32.6 Å². The van der Waals surface area contributed by atoms with Crippen LogP contribution in [-0.2, 0) is 12.8 Å². The van der Waals surface area contributed by atoms with Crippen LogP contribution in [0.15, 0.2) is 24.3 Å². The number of nitrogens with two attached hydrogens (primary N) is 1. The van der Waals surface area contributed by atoms with E-state index in [1.54, 1.807) is 11.3 Å². The monoisotopic (exact) mass is 310 g/mol. The maximum absolute atomic E-state index is 5.90. The highest BCUT2D eigenvalue weighted by Gasteiger charge is 2.20. The van der Waals surface area contributed by atoms with Gasteiger partial charge in [-0.2, -0.15) is 4.98 Å². The van der Waals surface area contributed by atoms with Crippen molar-refractivity contribution in [1.82, 2.24) is 9.97 Å². The molecule has 1 aliphatic rings. The first kappa shape index (κ1) is 13.5. The van der Waals surface area contributed by atoms with Crippen LogP contribution >= 0.6 is 11.3 Å². The van der Waals surface area contributed by atoms with Gasteiger partial charge in [0.1, 0.15) is 10.6 Å². The SMILES string of the molecule is Cc1ccc(Nc2nc(N)nc3sc4c(c23)CCCC4)cc1. The third kappa shape index (κ3) is 2.31. The number of rotatable bonds is 2. The summed E-state index contributed by atoms with van der Waals surface area (Å²) in [5.74, 6) is 1.17. The first-order valence-electron chi connectivity index (χ1n) is 7.62. The molecule has 5 heteroatoms. The molecule has 0 saturated carbocycles. The smallest absolute Gasteiger partial charge is 0.223 e. The van der Waals surface area contributed by atoms with E-state index >= 15 is 0 Å². The molecule has 0 amide bonds. The normalized spacial score (nSPS) is 14.0. The number of hydrogen-bond acceptors (Lipinski definition) is 5. The molecule has 0 spiro atoms. The summed E-state index contributed by atoms with van der Waals surface area (Å²) in [5.41, 5.74) is 9.59. The number of nitrogen functional groups attached to an aromatic ring is 1. The molecule has 0 bridgehead atoms. The summed E-state index contributed by atoms with van der Waals surface area (Å²) in [5, 5.41) is 4.59. The number of hydrogen-bond donors (Lipinski definition) is 2. The van der Waals surface area contributed by atoms with Crippen molar-refractivity contribution in [1.29, 1.82) is 0 Å². The van der Waals surface area contributed by atoms with Gasteiger partial charge >= 0.3 is 0 Å². The molecular formula is C17H18N4S. The van der Waals surface area contributed by atoms with Crippen LogP contribution < -0.4 is 11.1 Å². The maximum atomic E-state index is 5.90. The Kier molecular flexibility index (Phi) is 3.22. The first-order valence-corrected chi connectivity index (χ1v) is 8.44. The lowest BCUT2D eigenvalue weighted by molar-refractivity contribution is 0.700. The van der Waals surface area contributed by atoms with E-state index in [9.17, 15) is 0 Å². The van der Waals surface area contributed by atoms with Crippen LogP contribution in [0.25, 0.3) is 10.2 Å². The molecule has 0 atom stereocenters. The molecule has 0 unspecified atom stereocenters. The van der Waals surface area contributed by atoms with Crippen LogP contribution in [0.2, 0.25) is 0 Å². The molecule has 1 aliphatic carbocycles. The summed E-state index contributed by atoms with van der Waals surface area (Å²) in [7, 11) is 0. The summed E-state index contributed by atoms with van der Waals surface area (Å²) < 4.78 is 0. The fourth-order valence-corrected chi connectivity index (χ4v) is 4.31. The third-order valence-electron chi connectivity index (χ3n) is 4.15. The number of aryl methyl sites for hydroxylation is 3. The lowest BCUT2D eigenvalue weighted by atomic mass is 9.97. The molecule has 22 heavy (non-hydrogen) atoms. The minimum absolute atomic E-state index is 0.334. The van der Waals surface area contributed by atoms with E-state index in [1.807, 2.05) is 0 Å². The Hall–Kier alpha value is -2.14. The molecule has 2 aromatic heterocycles. The van der Waals surface area contributed by atoms with Gasteiger partial charge < -0.3 is 11.1 Å². The molecule has 0 radical (unpaired) electrons. The fraction of sp³-hybridized carbons (Fsp3) is 0.294. The lowest BCUT2D eigenvalue weighted by Gasteiger charge is -2.13. The fourth-order valence-electron chi connectivity index (χ4n) is 3.04. The van der Waals surface area contributed by atoms with E-state index < -0.39 is 0 Å². The van der Waals surface area contributed by atoms with Gasteiger partial charge in [-0.3, -0.25) is 0 Å². The predicted molar refractivity (Wildman–Crippen MR) is 92.9 cm³/mol. The van der Waals surface area contributed by atoms with Crippen LogP contribution in [0.3, 0.4) is 0 Å². The Morgan fingerprint density at radius 3 is 2.68 bits per heavy atom. The minimum Gasteiger partial charge on any atom is -0.368 e. The van der Waals surface area contributed by atoms with Gasteiger partial charge in [0.05, 0.1) is 5.39 Å². The number of aromatic nitrogens is 2. The van der Waals surface area contributed by atoms with Gasteiger partial charge in [-0.15, -0.1) is 11.3 Å². The van der Waals surface area contributed by atoms with Crippen molar-refractivity contribution in [3.63, 3.8) is 0 Å². The molecular weight excluding hydrogens is 292 g/mol. The summed E-state index contributed by atoms with van der Waals surface area (Å²) in [6.07, 6.45) is 4.78. The second-order valence-electron chi connectivity index (χ2n) is 5.81. The van der Waals surface area contributed by atoms with Gasteiger partial charge in [0.25, 0.3) is 0 Å². The maximum Gasteiger partial charge on any atom is 0.223 e. The van der Waals surface area contributed by atoms with Gasteiger partial charge in [-0.25, -0.2) is 4.98 Å². The Bertz CT molecular complexity index is 836. The van der Waals surface area contributed by atoms with Crippen molar-refractivity contribution < 1.29 is 0 Å². The lowest BCUT2D eigenvalue weighted by Crippen LogP contribution is -2.03. The Labute approximate surface area is 133 Å². The number of nitrogens with one attached hydrogen (secondary N) is 1. The molecule has 0 aliphatic heterocycles. The third-order valence-corrected chi connectivity index (χ3v) is 5.33. The zero-order valence-corrected chi connectivity index (χ0v) is 13.3. The van der Waals surface area contributed by atoms with E-state index in [0.717, 1.165) is 34.6 Å².